The van der Waals surface area contributed by atoms with E-state index in [1.165, 1.54) is 0 Å². The first-order valence-corrected chi connectivity index (χ1v) is 19.1. The fraction of sp³-hybridized carbons (Fsp3) is 0.444. The van der Waals surface area contributed by atoms with Crippen LogP contribution in [0.1, 0.15) is 69.7 Å². The van der Waals surface area contributed by atoms with Crippen LogP contribution in [0.3, 0.4) is 0 Å². The molecule has 4 N–H and O–H groups in total. The summed E-state index contributed by atoms with van der Waals surface area (Å²) in [6.45, 7) is 12.3. The molecule has 4 aromatic rings. The van der Waals surface area contributed by atoms with E-state index in [4.69, 9.17) is 23.7 Å². The van der Waals surface area contributed by atoms with E-state index in [2.05, 4.69) is 38.3 Å². The summed E-state index contributed by atoms with van der Waals surface area (Å²) < 4.78 is 29.5. The van der Waals surface area contributed by atoms with Crippen LogP contribution in [0, 0.1) is 0 Å². The third kappa shape index (κ3) is 13.0. The van der Waals surface area contributed by atoms with Gasteiger partial charge < -0.3 is 44.5 Å². The van der Waals surface area contributed by atoms with Gasteiger partial charge in [0.1, 0.15) is 61.6 Å². The standard InChI is InChI=1S/C45H60N2O8/c1-8-9-43(50)55-42(30-53-40-22-14-34(15-23-40)44(2,3)32-10-18-38(19-11-32)51-28-36(48)26-46-6)31-54-41-24-16-35(17-25-41)45(4,5)33-12-20-39(21-13-33)52-29-37(49)27-47-7/h10-25,36-37,42,46-49H,8-9,26-31H2,1-7H3. The molecule has 0 saturated carbocycles. The summed E-state index contributed by atoms with van der Waals surface area (Å²) in [5, 5.41) is 25.7. The van der Waals surface area contributed by atoms with Crippen LogP contribution in [-0.4, -0.2) is 88.1 Å². The van der Waals surface area contributed by atoms with Crippen molar-refractivity contribution in [2.75, 3.05) is 53.6 Å². The summed E-state index contributed by atoms with van der Waals surface area (Å²) in [5.74, 6) is 2.46. The van der Waals surface area contributed by atoms with Gasteiger partial charge in [0.15, 0.2) is 6.10 Å². The highest BCUT2D eigenvalue weighted by molar-refractivity contribution is 5.69. The number of carbonyl (C=O) groups excluding carboxylic acids is 1. The predicted octanol–water partition coefficient (Wildman–Crippen LogP) is 6.43. The SMILES string of the molecule is CCCC(=O)OC(COc1ccc(C(C)(C)c2ccc(OCC(O)CNC)cc2)cc1)COc1ccc(C(C)(C)c2ccc(OCC(O)CNC)cc2)cc1. The molecule has 298 valence electrons. The van der Waals surface area contributed by atoms with E-state index in [0.717, 1.165) is 22.3 Å². The van der Waals surface area contributed by atoms with Crippen molar-refractivity contribution in [3.8, 4) is 23.0 Å². The molecule has 0 fully saturated rings. The monoisotopic (exact) mass is 756 g/mol. The maximum absolute atomic E-state index is 12.5. The molecule has 0 aromatic heterocycles. The minimum absolute atomic E-state index is 0.141. The lowest BCUT2D eigenvalue weighted by Gasteiger charge is -2.27. The summed E-state index contributed by atoms with van der Waals surface area (Å²) in [5.41, 5.74) is 3.91. The van der Waals surface area contributed by atoms with Crippen molar-refractivity contribution < 1.29 is 38.7 Å². The van der Waals surface area contributed by atoms with Crippen molar-refractivity contribution >= 4 is 5.97 Å². The largest absolute Gasteiger partial charge is 0.491 e. The second-order valence-electron chi connectivity index (χ2n) is 14.9. The summed E-state index contributed by atoms with van der Waals surface area (Å²) in [6, 6.07) is 31.8. The highest BCUT2D eigenvalue weighted by atomic mass is 16.6. The molecule has 2 unspecified atom stereocenters. The van der Waals surface area contributed by atoms with Gasteiger partial charge in [-0.05, 0) is 91.3 Å². The zero-order valence-corrected chi connectivity index (χ0v) is 33.5. The number of carbonyl (C=O) groups is 1. The van der Waals surface area contributed by atoms with E-state index >= 15 is 0 Å². The molecular formula is C45H60N2O8. The highest BCUT2D eigenvalue weighted by Gasteiger charge is 2.25. The molecule has 2 atom stereocenters. The van der Waals surface area contributed by atoms with Gasteiger partial charge >= 0.3 is 5.97 Å². The van der Waals surface area contributed by atoms with Crippen LogP contribution in [0.15, 0.2) is 97.1 Å². The fourth-order valence-corrected chi connectivity index (χ4v) is 6.12. The average Bonchev–Trinajstić information content (AvgIpc) is 3.18. The molecule has 0 radical (unpaired) electrons. The predicted molar refractivity (Wildman–Crippen MR) is 217 cm³/mol. The van der Waals surface area contributed by atoms with Crippen LogP contribution in [-0.2, 0) is 20.4 Å². The quantitative estimate of drug-likeness (QED) is 0.0630. The lowest BCUT2D eigenvalue weighted by Crippen LogP contribution is -2.31. The number of nitrogens with one attached hydrogen (secondary N) is 2. The van der Waals surface area contributed by atoms with Crippen molar-refractivity contribution in [1.82, 2.24) is 10.6 Å². The van der Waals surface area contributed by atoms with E-state index in [-0.39, 0.29) is 43.2 Å². The first-order valence-electron chi connectivity index (χ1n) is 19.1. The molecule has 55 heavy (non-hydrogen) atoms. The first-order chi connectivity index (χ1) is 26.3. The van der Waals surface area contributed by atoms with Gasteiger partial charge in [-0.3, -0.25) is 4.79 Å². The smallest absolute Gasteiger partial charge is 0.306 e. The number of ether oxygens (including phenoxy) is 5. The van der Waals surface area contributed by atoms with Crippen LogP contribution in [0.25, 0.3) is 0 Å². The Morgan fingerprint density at radius 2 is 0.836 bits per heavy atom. The van der Waals surface area contributed by atoms with Crippen molar-refractivity contribution in [1.29, 1.82) is 0 Å². The van der Waals surface area contributed by atoms with E-state index < -0.39 is 18.3 Å². The topological polar surface area (TPSA) is 128 Å². The van der Waals surface area contributed by atoms with Crippen LogP contribution in [0.4, 0.5) is 0 Å². The lowest BCUT2D eigenvalue weighted by atomic mass is 9.78. The fourth-order valence-electron chi connectivity index (χ4n) is 6.12. The Morgan fingerprint density at radius 3 is 1.11 bits per heavy atom. The lowest BCUT2D eigenvalue weighted by molar-refractivity contribution is -0.152. The number of likely N-dealkylation sites (N-methyl/N-ethyl adjacent to an activating group) is 2. The van der Waals surface area contributed by atoms with Crippen molar-refractivity contribution in [2.45, 2.75) is 76.6 Å². The molecule has 0 aliphatic heterocycles. The van der Waals surface area contributed by atoms with Gasteiger partial charge in [-0.25, -0.2) is 0 Å². The molecular weight excluding hydrogens is 697 g/mol. The molecule has 0 saturated heterocycles. The van der Waals surface area contributed by atoms with Gasteiger partial charge in [-0.2, -0.15) is 0 Å². The maximum atomic E-state index is 12.5. The van der Waals surface area contributed by atoms with E-state index in [0.29, 0.717) is 48.9 Å². The normalized spacial score (nSPS) is 13.4. The number of rotatable bonds is 23. The van der Waals surface area contributed by atoms with Gasteiger partial charge in [-0.15, -0.1) is 0 Å². The van der Waals surface area contributed by atoms with Gasteiger partial charge in [-0.1, -0.05) is 83.1 Å². The van der Waals surface area contributed by atoms with Gasteiger partial charge in [0.05, 0.1) is 0 Å². The summed E-state index contributed by atoms with van der Waals surface area (Å²) >= 11 is 0. The number of aliphatic hydroxyl groups is 2. The van der Waals surface area contributed by atoms with Gasteiger partial charge in [0, 0.05) is 30.3 Å². The molecule has 10 heteroatoms. The Morgan fingerprint density at radius 1 is 0.545 bits per heavy atom. The molecule has 0 heterocycles. The third-order valence-corrected chi connectivity index (χ3v) is 9.69. The Bertz CT molecular complexity index is 1590. The van der Waals surface area contributed by atoms with Crippen LogP contribution in [0.2, 0.25) is 0 Å². The molecule has 0 bridgehead atoms. The Balaban J connectivity index is 1.33. The number of hydrogen-bond acceptors (Lipinski definition) is 10. The minimum atomic E-state index is -0.605. The number of esters is 1. The Hall–Kier alpha value is -4.61. The molecule has 0 aliphatic rings. The van der Waals surface area contributed by atoms with Gasteiger partial charge in [0.25, 0.3) is 0 Å². The third-order valence-electron chi connectivity index (χ3n) is 9.69. The zero-order chi connectivity index (χ0) is 39.8. The van der Waals surface area contributed by atoms with E-state index in [1.54, 1.807) is 14.1 Å². The van der Waals surface area contributed by atoms with Crippen LogP contribution in [0.5, 0.6) is 23.0 Å². The zero-order valence-electron chi connectivity index (χ0n) is 33.5. The van der Waals surface area contributed by atoms with Crippen molar-refractivity contribution in [2.24, 2.45) is 0 Å². The number of benzene rings is 4. The molecule has 0 aliphatic carbocycles. The maximum Gasteiger partial charge on any atom is 0.306 e. The molecule has 0 amide bonds. The van der Waals surface area contributed by atoms with Crippen molar-refractivity contribution in [3.05, 3.63) is 119 Å². The van der Waals surface area contributed by atoms with Gasteiger partial charge in [0.2, 0.25) is 0 Å². The molecule has 0 spiro atoms. The van der Waals surface area contributed by atoms with Crippen LogP contribution >= 0.6 is 0 Å². The Labute approximate surface area is 327 Å². The molecule has 4 rings (SSSR count). The number of aliphatic hydroxyl groups excluding tert-OH is 2. The minimum Gasteiger partial charge on any atom is -0.491 e. The molecule has 4 aromatic carbocycles. The summed E-state index contributed by atoms with van der Waals surface area (Å²) in [4.78, 5) is 12.5. The van der Waals surface area contributed by atoms with E-state index in [9.17, 15) is 15.0 Å². The second kappa shape index (κ2) is 20.9. The van der Waals surface area contributed by atoms with Crippen LogP contribution < -0.4 is 29.6 Å². The van der Waals surface area contributed by atoms with Crippen molar-refractivity contribution in [3.63, 3.8) is 0 Å². The molecule has 10 nitrogen and oxygen atoms in total. The highest BCUT2D eigenvalue weighted by Crippen LogP contribution is 2.35. The number of hydrogen-bond donors (Lipinski definition) is 4. The average molecular weight is 757 g/mol. The Kier molecular flexibility index (Phi) is 16.4. The van der Waals surface area contributed by atoms with E-state index in [1.807, 2.05) is 104 Å². The first kappa shape index (κ1) is 43.1. The summed E-state index contributed by atoms with van der Waals surface area (Å²) in [6.07, 6.45) is -0.740. The summed E-state index contributed by atoms with van der Waals surface area (Å²) in [7, 11) is 3.59. The second-order valence-corrected chi connectivity index (χ2v) is 14.9.